The first-order valence-corrected chi connectivity index (χ1v) is 9.98. The Kier molecular flexibility index (Phi) is 5.22. The molecule has 4 aromatic rings. The highest BCUT2D eigenvalue weighted by Crippen LogP contribution is 2.36. The number of para-hydroxylation sites is 1. The van der Waals surface area contributed by atoms with Crippen LogP contribution in [0.4, 0.5) is 0 Å². The van der Waals surface area contributed by atoms with Gasteiger partial charge in [0.05, 0.1) is 11.7 Å². The number of hydrogen-bond donors (Lipinski definition) is 1. The maximum absolute atomic E-state index is 11.9. The Bertz CT molecular complexity index is 1210. The smallest absolute Gasteiger partial charge is 0.281 e. The minimum atomic E-state index is -1.30. The third-order valence-corrected chi connectivity index (χ3v) is 5.41. The quantitative estimate of drug-likeness (QED) is 0.386. The molecule has 1 N–H and O–H groups in total. The van der Waals surface area contributed by atoms with E-state index in [1.54, 1.807) is 6.08 Å². The van der Waals surface area contributed by atoms with Crippen LogP contribution in [0.25, 0.3) is 28.2 Å². The number of fused-ring (bicyclic) bond motifs is 1. The number of thioether (sulfide) groups is 1. The van der Waals surface area contributed by atoms with E-state index in [4.69, 9.17) is 4.42 Å². The molecule has 0 aliphatic carbocycles. The number of nitrogens with zero attached hydrogens (tertiary/aromatic N) is 2. The Hall–Kier alpha value is -3.32. The van der Waals surface area contributed by atoms with Gasteiger partial charge in [0, 0.05) is 27.8 Å². The van der Waals surface area contributed by atoms with Crippen LogP contribution in [0, 0.1) is 6.92 Å². The fraction of sp³-hybridized carbons (Fsp3) is 0.136. The third-order valence-electron chi connectivity index (χ3n) is 4.57. The van der Waals surface area contributed by atoms with Gasteiger partial charge in [-0.3, -0.25) is 0 Å². The van der Waals surface area contributed by atoms with Crippen LogP contribution in [0.15, 0.2) is 63.1 Å². The zero-order chi connectivity index (χ0) is 20.4. The van der Waals surface area contributed by atoms with Gasteiger partial charge in [-0.05, 0) is 35.9 Å². The number of carboxylic acids is 1. The molecule has 4 rings (SSSR count). The van der Waals surface area contributed by atoms with Gasteiger partial charge in [-0.15, -0.1) is 10.2 Å². The van der Waals surface area contributed by atoms with Crippen molar-refractivity contribution in [3.8, 4) is 11.3 Å². The predicted octanol–water partition coefficient (Wildman–Crippen LogP) is 3.97. The molecule has 0 aliphatic rings. The second-order valence-corrected chi connectivity index (χ2v) is 7.48. The molecule has 0 unspecified atom stereocenters. The van der Waals surface area contributed by atoms with Gasteiger partial charge in [-0.25, -0.2) is 0 Å². The fourth-order valence-electron chi connectivity index (χ4n) is 3.15. The van der Waals surface area contributed by atoms with E-state index >= 15 is 0 Å². The number of aromatic nitrogens is 3. The van der Waals surface area contributed by atoms with Crippen LogP contribution in [-0.4, -0.2) is 21.2 Å². The molecule has 0 bridgehead atoms. The molecule has 2 aromatic carbocycles. The van der Waals surface area contributed by atoms with Crippen LogP contribution >= 0.6 is 11.8 Å². The lowest BCUT2D eigenvalue weighted by atomic mass is 10.0. The van der Waals surface area contributed by atoms with E-state index in [0.717, 1.165) is 45.0 Å². The Balaban J connectivity index is 1.88. The van der Waals surface area contributed by atoms with Crippen molar-refractivity contribution in [2.45, 2.75) is 25.5 Å². The number of aromatic amines is 1. The molecule has 29 heavy (non-hydrogen) atoms. The van der Waals surface area contributed by atoms with Gasteiger partial charge in [-0.1, -0.05) is 55.5 Å². The fourth-order valence-corrected chi connectivity index (χ4v) is 3.81. The summed E-state index contributed by atoms with van der Waals surface area (Å²) in [6.45, 7) is 3.90. The van der Waals surface area contributed by atoms with Gasteiger partial charge in [0.25, 0.3) is 5.22 Å². The summed E-state index contributed by atoms with van der Waals surface area (Å²) >= 11 is 0.893. The molecule has 0 amide bonds. The molecule has 2 heterocycles. The number of hydrogen-bond acceptors (Lipinski definition) is 6. The van der Waals surface area contributed by atoms with Crippen LogP contribution in [0.1, 0.15) is 23.9 Å². The zero-order valence-electron chi connectivity index (χ0n) is 15.9. The Morgan fingerprint density at radius 3 is 2.66 bits per heavy atom. The number of H-pyrrole nitrogens is 1. The number of aryl methyl sites for hydroxylation is 2. The summed E-state index contributed by atoms with van der Waals surface area (Å²) in [6, 6.07) is 15.7. The minimum absolute atomic E-state index is 0.00381. The van der Waals surface area contributed by atoms with Crippen molar-refractivity contribution >= 4 is 34.7 Å². The molecule has 2 aromatic heterocycles. The van der Waals surface area contributed by atoms with Gasteiger partial charge in [-0.2, -0.15) is 0 Å². The van der Waals surface area contributed by atoms with Crippen molar-refractivity contribution in [1.82, 2.24) is 15.2 Å². The molecule has 0 saturated heterocycles. The lowest BCUT2D eigenvalue weighted by molar-refractivity contribution is -0.298. The second kappa shape index (κ2) is 7.97. The van der Waals surface area contributed by atoms with E-state index in [2.05, 4.69) is 15.2 Å². The zero-order valence-corrected chi connectivity index (χ0v) is 16.7. The molecule has 0 radical (unpaired) electrons. The highest BCUT2D eigenvalue weighted by Gasteiger charge is 2.16. The SMILES string of the molecule is CCc1nnc(S/C(=C\c2c(-c3ccccc3)[nH]c3c(C)cccc23)C(=O)[O-])o1. The van der Waals surface area contributed by atoms with E-state index in [1.165, 1.54) is 0 Å². The number of carbonyl (C=O) groups is 1. The summed E-state index contributed by atoms with van der Waals surface area (Å²) in [5, 5.41) is 20.8. The van der Waals surface area contributed by atoms with Crippen molar-refractivity contribution in [3.05, 3.63) is 70.5 Å². The van der Waals surface area contributed by atoms with Crippen LogP contribution in [-0.2, 0) is 11.2 Å². The second-order valence-electron chi connectivity index (χ2n) is 6.49. The van der Waals surface area contributed by atoms with E-state index in [0.29, 0.717) is 12.3 Å². The predicted molar refractivity (Wildman–Crippen MR) is 111 cm³/mol. The van der Waals surface area contributed by atoms with Crippen LogP contribution in [0.2, 0.25) is 0 Å². The largest absolute Gasteiger partial charge is 0.544 e. The number of carbonyl (C=O) groups excluding carboxylic acids is 1. The summed E-state index contributed by atoms with van der Waals surface area (Å²) in [5.74, 6) is -0.842. The van der Waals surface area contributed by atoms with Gasteiger partial charge in [0.1, 0.15) is 0 Å². The van der Waals surface area contributed by atoms with Crippen molar-refractivity contribution in [2.24, 2.45) is 0 Å². The number of nitrogens with one attached hydrogen (secondary N) is 1. The topological polar surface area (TPSA) is 94.8 Å². The van der Waals surface area contributed by atoms with Gasteiger partial charge in [0.2, 0.25) is 5.89 Å². The van der Waals surface area contributed by atoms with Crippen LogP contribution < -0.4 is 5.11 Å². The summed E-state index contributed by atoms with van der Waals surface area (Å²) in [6.07, 6.45) is 2.19. The Labute approximate surface area is 171 Å². The highest BCUT2D eigenvalue weighted by atomic mass is 32.2. The van der Waals surface area contributed by atoms with Crippen molar-refractivity contribution in [3.63, 3.8) is 0 Å². The number of carboxylic acid groups (broad SMARTS) is 1. The molecule has 0 spiro atoms. The van der Waals surface area contributed by atoms with Gasteiger partial charge >= 0.3 is 0 Å². The molecule has 6 nitrogen and oxygen atoms in total. The molecular formula is C22H18N3O3S-. The number of rotatable bonds is 6. The van der Waals surface area contributed by atoms with E-state index in [9.17, 15) is 9.90 Å². The minimum Gasteiger partial charge on any atom is -0.544 e. The first kappa shape index (κ1) is 19.0. The molecule has 0 fully saturated rings. The molecular weight excluding hydrogens is 386 g/mol. The molecule has 0 atom stereocenters. The van der Waals surface area contributed by atoms with Crippen molar-refractivity contribution in [1.29, 1.82) is 0 Å². The van der Waals surface area contributed by atoms with E-state index in [-0.39, 0.29) is 10.1 Å². The normalized spacial score (nSPS) is 11.9. The molecule has 146 valence electrons. The first-order valence-electron chi connectivity index (χ1n) is 9.16. The maximum Gasteiger partial charge on any atom is 0.281 e. The molecule has 0 aliphatic heterocycles. The average Bonchev–Trinajstić information content (AvgIpc) is 3.33. The summed E-state index contributed by atoms with van der Waals surface area (Å²) in [4.78, 5) is 15.3. The highest BCUT2D eigenvalue weighted by molar-refractivity contribution is 8.03. The monoisotopic (exact) mass is 404 g/mol. The van der Waals surface area contributed by atoms with Gasteiger partial charge < -0.3 is 19.3 Å². The van der Waals surface area contributed by atoms with Crippen molar-refractivity contribution < 1.29 is 14.3 Å². The Morgan fingerprint density at radius 2 is 1.97 bits per heavy atom. The van der Waals surface area contributed by atoms with Crippen LogP contribution in [0.5, 0.6) is 0 Å². The number of aliphatic carboxylic acids is 1. The van der Waals surface area contributed by atoms with Gasteiger partial charge in [0.15, 0.2) is 0 Å². The number of benzene rings is 2. The molecule has 7 heteroatoms. The third kappa shape index (κ3) is 3.82. The van der Waals surface area contributed by atoms with E-state index < -0.39 is 5.97 Å². The van der Waals surface area contributed by atoms with Crippen LogP contribution in [0.3, 0.4) is 0 Å². The summed E-state index contributed by atoms with van der Waals surface area (Å²) in [7, 11) is 0. The average molecular weight is 404 g/mol. The first-order chi connectivity index (χ1) is 14.1. The van der Waals surface area contributed by atoms with E-state index in [1.807, 2.05) is 62.4 Å². The summed E-state index contributed by atoms with van der Waals surface area (Å²) < 4.78 is 5.46. The lowest BCUT2D eigenvalue weighted by Crippen LogP contribution is -2.23. The Morgan fingerprint density at radius 1 is 1.17 bits per heavy atom. The standard InChI is InChI=1S/C22H19N3O3S/c1-3-18-24-25-22(28-18)29-17(21(26)27)12-16-15-11-7-8-13(2)19(15)23-20(16)14-9-5-4-6-10-14/h4-12,23H,3H2,1-2H3,(H,26,27)/p-1/b17-12-. The lowest BCUT2D eigenvalue weighted by Gasteiger charge is -2.07. The maximum atomic E-state index is 11.9. The summed E-state index contributed by atoms with van der Waals surface area (Å²) in [5.41, 5.74) is 4.62. The van der Waals surface area contributed by atoms with Crippen molar-refractivity contribution in [2.75, 3.05) is 0 Å². The molecule has 0 saturated carbocycles.